The van der Waals surface area contributed by atoms with Crippen molar-refractivity contribution in [2.75, 3.05) is 25.5 Å². The summed E-state index contributed by atoms with van der Waals surface area (Å²) in [6, 6.07) is 0. The van der Waals surface area contributed by atoms with Crippen molar-refractivity contribution in [3.8, 4) is 0 Å². The number of hydrogen-bond acceptors (Lipinski definition) is 1. The lowest BCUT2D eigenvalue weighted by Crippen LogP contribution is -2.22. The molecule has 0 aliphatic heterocycles. The van der Waals surface area contributed by atoms with Gasteiger partial charge in [-0.2, -0.15) is 0 Å². The first-order valence-electron chi connectivity index (χ1n) is 5.45. The van der Waals surface area contributed by atoms with Crippen LogP contribution in [0.15, 0.2) is 0 Å². The third-order valence-electron chi connectivity index (χ3n) is 2.50. The maximum absolute atomic E-state index is 3.49. The maximum Gasteiger partial charge on any atom is 0.00338 e. The molecule has 0 aromatic rings. The van der Waals surface area contributed by atoms with Gasteiger partial charge in [0.05, 0.1) is 0 Å². The molecule has 0 heterocycles. The summed E-state index contributed by atoms with van der Waals surface area (Å²) in [5.74, 6) is 0.864. The van der Waals surface area contributed by atoms with E-state index in [1.807, 2.05) is 0 Å². The van der Waals surface area contributed by atoms with Crippen molar-refractivity contribution in [1.29, 1.82) is 0 Å². The van der Waals surface area contributed by atoms with Gasteiger partial charge in [-0.15, -0.1) is 0 Å². The molecule has 0 saturated carbocycles. The van der Waals surface area contributed by atoms with Crippen LogP contribution in [0.4, 0.5) is 0 Å². The molecule has 0 bridgehead atoms. The average molecular weight is 250 g/mol. The summed E-state index contributed by atoms with van der Waals surface area (Å²) < 4.78 is 0. The van der Waals surface area contributed by atoms with Crippen molar-refractivity contribution in [3.05, 3.63) is 0 Å². The highest BCUT2D eigenvalue weighted by atomic mass is 79.9. The van der Waals surface area contributed by atoms with E-state index in [0.29, 0.717) is 0 Å². The molecule has 0 aromatic carbocycles. The minimum Gasteiger partial charge on any atom is -0.306 e. The average Bonchev–Trinajstić information content (AvgIpc) is 2.12. The quantitative estimate of drug-likeness (QED) is 0.596. The maximum atomic E-state index is 3.49. The molecule has 2 heteroatoms. The van der Waals surface area contributed by atoms with E-state index in [-0.39, 0.29) is 0 Å². The first-order valence-corrected chi connectivity index (χ1v) is 6.57. The van der Waals surface area contributed by atoms with E-state index in [4.69, 9.17) is 0 Å². The fourth-order valence-electron chi connectivity index (χ4n) is 1.31. The minimum absolute atomic E-state index is 0.864. The summed E-state index contributed by atoms with van der Waals surface area (Å²) in [5, 5.41) is 1.15. The van der Waals surface area contributed by atoms with Crippen molar-refractivity contribution in [1.82, 2.24) is 4.90 Å². The van der Waals surface area contributed by atoms with Gasteiger partial charge in [0.2, 0.25) is 0 Å². The highest BCUT2D eigenvalue weighted by molar-refractivity contribution is 9.09. The zero-order valence-corrected chi connectivity index (χ0v) is 10.9. The second kappa shape index (κ2) is 9.01. The minimum atomic E-state index is 0.864. The number of unbranched alkanes of at least 4 members (excludes halogenated alkanes) is 1. The molecule has 0 fully saturated rings. The molecule has 0 radical (unpaired) electrons. The van der Waals surface area contributed by atoms with Crippen LogP contribution >= 0.6 is 15.9 Å². The van der Waals surface area contributed by atoms with Crippen LogP contribution < -0.4 is 0 Å². The highest BCUT2D eigenvalue weighted by Crippen LogP contribution is 2.09. The van der Waals surface area contributed by atoms with E-state index < -0.39 is 0 Å². The SMILES string of the molecule is CCCCN(C)CCC(C)CCBr. The summed E-state index contributed by atoms with van der Waals surface area (Å²) in [6.45, 7) is 7.11. The molecule has 0 aromatic heterocycles. The van der Waals surface area contributed by atoms with Crippen LogP contribution in [0.2, 0.25) is 0 Å². The lowest BCUT2D eigenvalue weighted by atomic mass is 10.1. The molecule has 0 spiro atoms. The Morgan fingerprint density at radius 2 is 1.92 bits per heavy atom. The molecule has 1 atom stereocenters. The molecular formula is C11H24BrN. The van der Waals surface area contributed by atoms with Crippen LogP contribution in [0.25, 0.3) is 0 Å². The van der Waals surface area contributed by atoms with Crippen molar-refractivity contribution >= 4 is 15.9 Å². The fraction of sp³-hybridized carbons (Fsp3) is 1.00. The third kappa shape index (κ3) is 8.76. The second-order valence-corrected chi connectivity index (χ2v) is 4.82. The van der Waals surface area contributed by atoms with Gasteiger partial charge in [0.1, 0.15) is 0 Å². The Hall–Kier alpha value is 0.440. The number of rotatable bonds is 8. The third-order valence-corrected chi connectivity index (χ3v) is 2.96. The number of alkyl halides is 1. The van der Waals surface area contributed by atoms with Crippen LogP contribution in [0.1, 0.15) is 39.5 Å². The summed E-state index contributed by atoms with van der Waals surface area (Å²) in [5.41, 5.74) is 0. The van der Waals surface area contributed by atoms with E-state index in [0.717, 1.165) is 11.2 Å². The van der Waals surface area contributed by atoms with Crippen LogP contribution in [0.5, 0.6) is 0 Å². The zero-order chi connectivity index (χ0) is 10.1. The molecule has 13 heavy (non-hydrogen) atoms. The number of halogens is 1. The highest BCUT2D eigenvalue weighted by Gasteiger charge is 2.03. The van der Waals surface area contributed by atoms with Crippen molar-refractivity contribution in [3.63, 3.8) is 0 Å². The lowest BCUT2D eigenvalue weighted by Gasteiger charge is -2.18. The second-order valence-electron chi connectivity index (χ2n) is 4.03. The number of nitrogens with zero attached hydrogens (tertiary/aromatic N) is 1. The van der Waals surface area contributed by atoms with Crippen LogP contribution in [0, 0.1) is 5.92 Å². The molecule has 0 rings (SSSR count). The smallest absolute Gasteiger partial charge is 0.00338 e. The molecular weight excluding hydrogens is 226 g/mol. The summed E-state index contributed by atoms with van der Waals surface area (Å²) in [4.78, 5) is 2.45. The topological polar surface area (TPSA) is 3.24 Å². The Kier molecular flexibility index (Phi) is 9.32. The van der Waals surface area contributed by atoms with Crippen molar-refractivity contribution in [2.45, 2.75) is 39.5 Å². The predicted molar refractivity (Wildman–Crippen MR) is 64.6 cm³/mol. The summed E-state index contributed by atoms with van der Waals surface area (Å²) >= 11 is 3.49. The largest absolute Gasteiger partial charge is 0.306 e. The summed E-state index contributed by atoms with van der Waals surface area (Å²) in [7, 11) is 2.23. The monoisotopic (exact) mass is 249 g/mol. The van der Waals surface area contributed by atoms with Gasteiger partial charge in [0.25, 0.3) is 0 Å². The first-order chi connectivity index (χ1) is 6.20. The number of hydrogen-bond donors (Lipinski definition) is 0. The molecule has 1 unspecified atom stereocenters. The van der Waals surface area contributed by atoms with Gasteiger partial charge >= 0.3 is 0 Å². The Morgan fingerprint density at radius 3 is 2.46 bits per heavy atom. The standard InChI is InChI=1S/C11H24BrN/c1-4-5-9-13(3)10-7-11(2)6-8-12/h11H,4-10H2,1-3H3. The van der Waals surface area contributed by atoms with E-state index in [1.165, 1.54) is 38.8 Å². The van der Waals surface area contributed by atoms with Gasteiger partial charge in [-0.3, -0.25) is 0 Å². The van der Waals surface area contributed by atoms with Gasteiger partial charge in [-0.05, 0) is 45.3 Å². The molecule has 0 aliphatic carbocycles. The molecule has 0 aliphatic rings. The molecule has 0 N–H and O–H groups in total. The first kappa shape index (κ1) is 13.4. The summed E-state index contributed by atoms with van der Waals surface area (Å²) in [6.07, 6.45) is 5.29. The van der Waals surface area contributed by atoms with Gasteiger partial charge < -0.3 is 4.90 Å². The normalized spacial score (nSPS) is 13.6. The van der Waals surface area contributed by atoms with E-state index in [9.17, 15) is 0 Å². The van der Waals surface area contributed by atoms with E-state index in [1.54, 1.807) is 0 Å². The Morgan fingerprint density at radius 1 is 1.23 bits per heavy atom. The molecule has 0 amide bonds. The molecule has 0 saturated heterocycles. The molecule has 80 valence electrons. The van der Waals surface area contributed by atoms with Gasteiger partial charge in [0.15, 0.2) is 0 Å². The predicted octanol–water partition coefficient (Wildman–Crippen LogP) is 3.53. The van der Waals surface area contributed by atoms with E-state index >= 15 is 0 Å². The van der Waals surface area contributed by atoms with Crippen molar-refractivity contribution in [2.24, 2.45) is 5.92 Å². The van der Waals surface area contributed by atoms with Crippen LogP contribution in [0.3, 0.4) is 0 Å². The van der Waals surface area contributed by atoms with Gasteiger partial charge in [0, 0.05) is 5.33 Å². The Labute approximate surface area is 92.0 Å². The Bertz CT molecular complexity index is 106. The zero-order valence-electron chi connectivity index (χ0n) is 9.35. The lowest BCUT2D eigenvalue weighted by molar-refractivity contribution is 0.299. The van der Waals surface area contributed by atoms with Crippen LogP contribution in [-0.4, -0.2) is 30.4 Å². The van der Waals surface area contributed by atoms with Crippen LogP contribution in [-0.2, 0) is 0 Å². The van der Waals surface area contributed by atoms with E-state index in [2.05, 4.69) is 41.7 Å². The van der Waals surface area contributed by atoms with Gasteiger partial charge in [-0.25, -0.2) is 0 Å². The van der Waals surface area contributed by atoms with Crippen molar-refractivity contribution < 1.29 is 0 Å². The van der Waals surface area contributed by atoms with Gasteiger partial charge in [-0.1, -0.05) is 36.2 Å². The fourth-order valence-corrected chi connectivity index (χ4v) is 2.09. The Balaban J connectivity index is 3.29. The molecule has 1 nitrogen and oxygen atoms in total.